The van der Waals surface area contributed by atoms with Crippen molar-refractivity contribution in [3.8, 4) is 0 Å². The van der Waals surface area contributed by atoms with E-state index in [0.29, 0.717) is 11.8 Å². The van der Waals surface area contributed by atoms with Crippen molar-refractivity contribution < 1.29 is 19.1 Å². The molecule has 0 radical (unpaired) electrons. The highest BCUT2D eigenvalue weighted by molar-refractivity contribution is 5.67. The predicted octanol–water partition coefficient (Wildman–Crippen LogP) is 1.51. The fourth-order valence-electron chi connectivity index (χ4n) is 1.46. The second kappa shape index (κ2) is 5.16. The number of ether oxygens (including phenoxy) is 1. The van der Waals surface area contributed by atoms with E-state index in [9.17, 15) is 9.90 Å². The topological polar surface area (TPSA) is 97.5 Å². The minimum atomic E-state index is -1.02. The second-order valence-corrected chi connectivity index (χ2v) is 5.65. The van der Waals surface area contributed by atoms with Crippen molar-refractivity contribution in [2.75, 3.05) is 6.54 Å². The van der Waals surface area contributed by atoms with E-state index in [1.807, 2.05) is 0 Å². The summed E-state index contributed by atoms with van der Waals surface area (Å²) in [6.45, 7) is 5.27. The molecule has 19 heavy (non-hydrogen) atoms. The Hall–Kier alpha value is -1.63. The van der Waals surface area contributed by atoms with E-state index in [2.05, 4.69) is 15.5 Å². The van der Waals surface area contributed by atoms with Crippen LogP contribution in [0.1, 0.15) is 57.4 Å². The highest BCUT2D eigenvalue weighted by Gasteiger charge is 2.30. The molecule has 0 aromatic carbocycles. The summed E-state index contributed by atoms with van der Waals surface area (Å²) in [6, 6.07) is 0. The molecule has 0 saturated heterocycles. The monoisotopic (exact) mass is 269 g/mol. The molecule has 1 aliphatic rings. The first-order chi connectivity index (χ1) is 8.85. The van der Waals surface area contributed by atoms with E-state index in [0.717, 1.165) is 12.8 Å². The third kappa shape index (κ3) is 4.20. The SMILES string of the molecule is CC(C)(C)OC(=O)NCC(O)c1nnc(C2CC2)o1. The predicted molar refractivity (Wildman–Crippen MR) is 65.5 cm³/mol. The fraction of sp³-hybridized carbons (Fsp3) is 0.750. The maximum Gasteiger partial charge on any atom is 0.407 e. The highest BCUT2D eigenvalue weighted by Crippen LogP contribution is 2.39. The molecule has 1 aromatic rings. The van der Waals surface area contributed by atoms with Crippen LogP contribution in [0.3, 0.4) is 0 Å². The molecule has 1 heterocycles. The van der Waals surface area contributed by atoms with Crippen molar-refractivity contribution in [3.05, 3.63) is 11.8 Å². The molecule has 1 aromatic heterocycles. The normalized spacial score (nSPS) is 17.1. The van der Waals surface area contributed by atoms with Gasteiger partial charge < -0.3 is 19.6 Å². The number of aliphatic hydroxyl groups excluding tert-OH is 1. The molecule has 1 fully saturated rings. The molecule has 1 aliphatic carbocycles. The molecule has 2 rings (SSSR count). The van der Waals surface area contributed by atoms with Crippen molar-refractivity contribution >= 4 is 6.09 Å². The van der Waals surface area contributed by atoms with Gasteiger partial charge in [0.2, 0.25) is 11.8 Å². The lowest BCUT2D eigenvalue weighted by atomic mass is 10.2. The molecule has 0 aliphatic heterocycles. The Bertz CT molecular complexity index is 448. The van der Waals surface area contributed by atoms with Gasteiger partial charge in [-0.25, -0.2) is 4.79 Å². The zero-order valence-corrected chi connectivity index (χ0v) is 11.3. The molecule has 1 amide bonds. The molecule has 0 spiro atoms. The number of nitrogens with one attached hydrogen (secondary N) is 1. The largest absolute Gasteiger partial charge is 0.444 e. The van der Waals surface area contributed by atoms with E-state index < -0.39 is 17.8 Å². The number of hydrogen-bond acceptors (Lipinski definition) is 6. The number of rotatable bonds is 4. The number of carbonyl (C=O) groups is 1. The van der Waals surface area contributed by atoms with Gasteiger partial charge in [0.25, 0.3) is 0 Å². The summed E-state index contributed by atoms with van der Waals surface area (Å²) in [6.07, 6.45) is 0.489. The van der Waals surface area contributed by atoms with Gasteiger partial charge >= 0.3 is 6.09 Å². The molecule has 1 atom stereocenters. The first kappa shape index (κ1) is 13.8. The van der Waals surface area contributed by atoms with Crippen LogP contribution in [0.5, 0.6) is 0 Å². The second-order valence-electron chi connectivity index (χ2n) is 5.65. The molecule has 106 valence electrons. The average Bonchev–Trinajstić information content (AvgIpc) is 3.02. The molecule has 0 bridgehead atoms. The number of aromatic nitrogens is 2. The first-order valence-electron chi connectivity index (χ1n) is 6.33. The van der Waals surface area contributed by atoms with Crippen LogP contribution in [0.15, 0.2) is 4.42 Å². The van der Waals surface area contributed by atoms with Crippen LogP contribution in [0.2, 0.25) is 0 Å². The zero-order chi connectivity index (χ0) is 14.0. The van der Waals surface area contributed by atoms with Gasteiger partial charge in [-0.2, -0.15) is 0 Å². The van der Waals surface area contributed by atoms with E-state index in [-0.39, 0.29) is 12.4 Å². The number of hydrogen-bond donors (Lipinski definition) is 2. The summed E-state index contributed by atoms with van der Waals surface area (Å²) >= 11 is 0. The van der Waals surface area contributed by atoms with Gasteiger partial charge in [0, 0.05) is 5.92 Å². The summed E-state index contributed by atoms with van der Waals surface area (Å²) < 4.78 is 10.4. The Morgan fingerprint density at radius 1 is 1.53 bits per heavy atom. The van der Waals surface area contributed by atoms with Crippen molar-refractivity contribution in [2.24, 2.45) is 0 Å². The van der Waals surface area contributed by atoms with Crippen molar-refractivity contribution in [3.63, 3.8) is 0 Å². The highest BCUT2D eigenvalue weighted by atomic mass is 16.6. The van der Waals surface area contributed by atoms with Gasteiger partial charge in [0.1, 0.15) is 11.7 Å². The molecular weight excluding hydrogens is 250 g/mol. The molecule has 7 nitrogen and oxygen atoms in total. The lowest BCUT2D eigenvalue weighted by Gasteiger charge is -2.20. The van der Waals surface area contributed by atoms with Crippen LogP contribution in [0, 0.1) is 0 Å². The molecule has 2 N–H and O–H groups in total. The lowest BCUT2D eigenvalue weighted by molar-refractivity contribution is 0.0479. The Labute approximate surface area is 111 Å². The molecular formula is C12H19N3O4. The maximum atomic E-state index is 11.4. The third-order valence-corrected chi connectivity index (χ3v) is 2.51. The van der Waals surface area contributed by atoms with Gasteiger partial charge in [-0.3, -0.25) is 0 Å². The van der Waals surface area contributed by atoms with Gasteiger partial charge in [0.15, 0.2) is 0 Å². The standard InChI is InChI=1S/C12H19N3O4/c1-12(2,3)19-11(17)13-6-8(16)10-15-14-9(18-10)7-4-5-7/h7-8,16H,4-6H2,1-3H3,(H,13,17). The van der Waals surface area contributed by atoms with Crippen molar-refractivity contribution in [1.29, 1.82) is 0 Å². The number of nitrogens with zero attached hydrogens (tertiary/aromatic N) is 2. The number of carbonyl (C=O) groups excluding carboxylic acids is 1. The Morgan fingerprint density at radius 2 is 2.21 bits per heavy atom. The van der Waals surface area contributed by atoms with Crippen molar-refractivity contribution in [2.45, 2.75) is 51.2 Å². The van der Waals surface area contributed by atoms with Crippen LogP contribution in [0.25, 0.3) is 0 Å². The van der Waals surface area contributed by atoms with Crippen LogP contribution in [-0.4, -0.2) is 33.5 Å². The fourth-order valence-corrected chi connectivity index (χ4v) is 1.46. The molecule has 1 unspecified atom stereocenters. The van der Waals surface area contributed by atoms with Gasteiger partial charge in [-0.1, -0.05) is 0 Å². The molecule has 7 heteroatoms. The van der Waals surface area contributed by atoms with Gasteiger partial charge in [-0.15, -0.1) is 10.2 Å². The van der Waals surface area contributed by atoms with E-state index in [1.54, 1.807) is 20.8 Å². The van der Waals surface area contributed by atoms with Crippen molar-refractivity contribution in [1.82, 2.24) is 15.5 Å². The molecule has 1 saturated carbocycles. The van der Waals surface area contributed by atoms with Crippen LogP contribution in [-0.2, 0) is 4.74 Å². The summed E-state index contributed by atoms with van der Waals surface area (Å²) in [7, 11) is 0. The summed E-state index contributed by atoms with van der Waals surface area (Å²) in [5.74, 6) is 1.02. The lowest BCUT2D eigenvalue weighted by Crippen LogP contribution is -2.34. The quantitative estimate of drug-likeness (QED) is 0.859. The van der Waals surface area contributed by atoms with Crippen LogP contribution >= 0.6 is 0 Å². The Kier molecular flexibility index (Phi) is 3.75. The van der Waals surface area contributed by atoms with Gasteiger partial charge in [0.05, 0.1) is 6.54 Å². The summed E-state index contributed by atoms with van der Waals surface area (Å²) in [5, 5.41) is 19.9. The minimum Gasteiger partial charge on any atom is -0.444 e. The number of aliphatic hydroxyl groups is 1. The van der Waals surface area contributed by atoms with E-state index in [4.69, 9.17) is 9.15 Å². The van der Waals surface area contributed by atoms with Crippen LogP contribution < -0.4 is 5.32 Å². The number of alkyl carbamates (subject to hydrolysis) is 1. The Morgan fingerprint density at radius 3 is 2.79 bits per heavy atom. The third-order valence-electron chi connectivity index (χ3n) is 2.51. The first-order valence-corrected chi connectivity index (χ1v) is 6.33. The van der Waals surface area contributed by atoms with Gasteiger partial charge in [-0.05, 0) is 33.6 Å². The number of amides is 1. The smallest absolute Gasteiger partial charge is 0.407 e. The average molecular weight is 269 g/mol. The van der Waals surface area contributed by atoms with E-state index in [1.165, 1.54) is 0 Å². The summed E-state index contributed by atoms with van der Waals surface area (Å²) in [5.41, 5.74) is -0.571. The summed E-state index contributed by atoms with van der Waals surface area (Å²) in [4.78, 5) is 11.4. The maximum absolute atomic E-state index is 11.4. The van der Waals surface area contributed by atoms with E-state index >= 15 is 0 Å². The zero-order valence-electron chi connectivity index (χ0n) is 11.3. The minimum absolute atomic E-state index is 0.0266. The van der Waals surface area contributed by atoms with Crippen LogP contribution in [0.4, 0.5) is 4.79 Å². The Balaban J connectivity index is 1.79.